The number of nitrogens with zero attached hydrogens (tertiary/aromatic N) is 2. The van der Waals surface area contributed by atoms with E-state index >= 15 is 0 Å². The van der Waals surface area contributed by atoms with Crippen molar-refractivity contribution in [2.75, 3.05) is 0 Å². The van der Waals surface area contributed by atoms with Crippen molar-refractivity contribution in [3.63, 3.8) is 0 Å². The predicted molar refractivity (Wildman–Crippen MR) is 98.4 cm³/mol. The molecule has 1 aromatic heterocycles. The number of furan rings is 1. The molecule has 122 valence electrons. The number of rotatable bonds is 4. The van der Waals surface area contributed by atoms with Gasteiger partial charge in [0.25, 0.3) is 5.69 Å². The number of nitriles is 1. The van der Waals surface area contributed by atoms with Gasteiger partial charge in [-0.25, -0.2) is 0 Å². The number of hydrogen-bond donors (Lipinski definition) is 0. The molecule has 3 aromatic rings. The lowest BCUT2D eigenvalue weighted by Gasteiger charge is -1.99. The first-order chi connectivity index (χ1) is 12.1. The fourth-order valence-electron chi connectivity index (χ4n) is 2.31. The van der Waals surface area contributed by atoms with E-state index in [0.717, 1.165) is 10.0 Å². The van der Waals surface area contributed by atoms with E-state index in [2.05, 4.69) is 22.0 Å². The molecule has 5 nitrogen and oxygen atoms in total. The first kappa shape index (κ1) is 16.7. The normalized spacial score (nSPS) is 11.1. The summed E-state index contributed by atoms with van der Waals surface area (Å²) in [4.78, 5) is 10.4. The lowest BCUT2D eigenvalue weighted by Crippen LogP contribution is -1.89. The molecule has 0 saturated carbocycles. The van der Waals surface area contributed by atoms with Crippen molar-refractivity contribution >= 4 is 33.3 Å². The first-order valence-corrected chi connectivity index (χ1v) is 8.08. The minimum Gasteiger partial charge on any atom is -0.457 e. The van der Waals surface area contributed by atoms with Gasteiger partial charge in [-0.2, -0.15) is 5.26 Å². The molecule has 0 aliphatic heterocycles. The van der Waals surface area contributed by atoms with Crippen LogP contribution in [0.2, 0.25) is 0 Å². The van der Waals surface area contributed by atoms with E-state index in [1.54, 1.807) is 24.3 Å². The molecule has 0 aliphatic rings. The SMILES string of the molecule is N#CC(=Cc1ccc(-c2ccc(Br)cc2)o1)c1cccc([N+](=O)[O-])c1. The highest BCUT2D eigenvalue weighted by atomic mass is 79.9. The summed E-state index contributed by atoms with van der Waals surface area (Å²) in [5.74, 6) is 1.18. The Morgan fingerprint density at radius 2 is 1.92 bits per heavy atom. The molecule has 0 spiro atoms. The lowest BCUT2D eigenvalue weighted by molar-refractivity contribution is -0.384. The second kappa shape index (κ2) is 7.16. The Kier molecular flexibility index (Phi) is 4.78. The summed E-state index contributed by atoms with van der Waals surface area (Å²) in [7, 11) is 0. The average Bonchev–Trinajstić information content (AvgIpc) is 3.09. The van der Waals surface area contributed by atoms with Crippen LogP contribution in [0.15, 0.2) is 69.6 Å². The number of halogens is 1. The third kappa shape index (κ3) is 3.84. The molecule has 0 aliphatic carbocycles. The van der Waals surface area contributed by atoms with Gasteiger partial charge in [0, 0.05) is 22.2 Å². The molecule has 0 bridgehead atoms. The van der Waals surface area contributed by atoms with Gasteiger partial charge in [0.2, 0.25) is 0 Å². The van der Waals surface area contributed by atoms with Gasteiger partial charge in [-0.3, -0.25) is 10.1 Å². The molecule has 2 aromatic carbocycles. The predicted octanol–water partition coefficient (Wildman–Crippen LogP) is 5.68. The fourth-order valence-corrected chi connectivity index (χ4v) is 2.57. The minimum absolute atomic E-state index is 0.0614. The Balaban J connectivity index is 1.93. The lowest BCUT2D eigenvalue weighted by atomic mass is 10.1. The molecule has 3 rings (SSSR count). The molecule has 0 atom stereocenters. The number of non-ortho nitro benzene ring substituents is 1. The van der Waals surface area contributed by atoms with Crippen molar-refractivity contribution in [1.82, 2.24) is 0 Å². The highest BCUT2D eigenvalue weighted by molar-refractivity contribution is 9.10. The van der Waals surface area contributed by atoms with Crippen molar-refractivity contribution in [1.29, 1.82) is 5.26 Å². The summed E-state index contributed by atoms with van der Waals surface area (Å²) in [6, 6.07) is 19.3. The number of allylic oxidation sites excluding steroid dienone is 1. The Bertz CT molecular complexity index is 998. The molecule has 0 radical (unpaired) electrons. The zero-order chi connectivity index (χ0) is 17.8. The van der Waals surface area contributed by atoms with Crippen molar-refractivity contribution in [3.8, 4) is 17.4 Å². The van der Waals surface area contributed by atoms with Crippen LogP contribution >= 0.6 is 15.9 Å². The fraction of sp³-hybridized carbons (Fsp3) is 0. The van der Waals surface area contributed by atoms with E-state index in [4.69, 9.17) is 4.42 Å². The average molecular weight is 395 g/mol. The van der Waals surface area contributed by atoms with Crippen molar-refractivity contribution in [2.45, 2.75) is 0 Å². The molecule has 0 fully saturated rings. The quantitative estimate of drug-likeness (QED) is 0.323. The van der Waals surface area contributed by atoms with E-state index in [1.807, 2.05) is 30.3 Å². The summed E-state index contributed by atoms with van der Waals surface area (Å²) in [6.45, 7) is 0. The molecule has 1 heterocycles. The second-order valence-corrected chi connectivity index (χ2v) is 6.10. The Morgan fingerprint density at radius 1 is 1.16 bits per heavy atom. The molecule has 0 unspecified atom stereocenters. The topological polar surface area (TPSA) is 80.1 Å². The smallest absolute Gasteiger partial charge is 0.270 e. The molecule has 25 heavy (non-hydrogen) atoms. The molecule has 0 amide bonds. The van der Waals surface area contributed by atoms with Gasteiger partial charge in [0.05, 0.1) is 16.6 Å². The van der Waals surface area contributed by atoms with E-state index in [1.165, 1.54) is 12.1 Å². The second-order valence-electron chi connectivity index (χ2n) is 5.19. The van der Waals surface area contributed by atoms with Crippen LogP contribution in [0.5, 0.6) is 0 Å². The van der Waals surface area contributed by atoms with Crippen LogP contribution in [0.3, 0.4) is 0 Å². The van der Waals surface area contributed by atoms with E-state index in [0.29, 0.717) is 22.7 Å². The highest BCUT2D eigenvalue weighted by Gasteiger charge is 2.10. The summed E-state index contributed by atoms with van der Waals surface area (Å²) in [5, 5.41) is 20.3. The number of nitro groups is 1. The zero-order valence-electron chi connectivity index (χ0n) is 12.8. The van der Waals surface area contributed by atoms with Gasteiger partial charge in [-0.15, -0.1) is 0 Å². The zero-order valence-corrected chi connectivity index (χ0v) is 14.4. The van der Waals surface area contributed by atoms with Crippen LogP contribution in [-0.4, -0.2) is 4.92 Å². The van der Waals surface area contributed by atoms with E-state index in [9.17, 15) is 15.4 Å². The van der Waals surface area contributed by atoms with Gasteiger partial charge in [0.1, 0.15) is 11.5 Å². The number of hydrogen-bond acceptors (Lipinski definition) is 4. The van der Waals surface area contributed by atoms with Crippen molar-refractivity contribution in [2.24, 2.45) is 0 Å². The van der Waals surface area contributed by atoms with E-state index < -0.39 is 4.92 Å². The standard InChI is InChI=1S/C19H11BrN2O3/c20-16-6-4-13(5-7-16)19-9-8-18(25-19)11-15(12-21)14-2-1-3-17(10-14)22(23)24/h1-11H. The van der Waals surface area contributed by atoms with Gasteiger partial charge < -0.3 is 4.42 Å². The third-order valence-electron chi connectivity index (χ3n) is 3.53. The number of benzene rings is 2. The van der Waals surface area contributed by atoms with Crippen LogP contribution in [-0.2, 0) is 0 Å². The summed E-state index contributed by atoms with van der Waals surface area (Å²) >= 11 is 3.38. The summed E-state index contributed by atoms with van der Waals surface area (Å²) < 4.78 is 6.74. The maximum absolute atomic E-state index is 10.9. The van der Waals surface area contributed by atoms with E-state index in [-0.39, 0.29) is 5.69 Å². The summed E-state index contributed by atoms with van der Waals surface area (Å²) in [5.41, 5.74) is 1.61. The molecular formula is C19H11BrN2O3. The molecule has 6 heteroatoms. The monoisotopic (exact) mass is 394 g/mol. The summed E-state index contributed by atoms with van der Waals surface area (Å²) in [6.07, 6.45) is 1.57. The molecular weight excluding hydrogens is 384 g/mol. The van der Waals surface area contributed by atoms with Gasteiger partial charge in [-0.05, 0) is 35.9 Å². The third-order valence-corrected chi connectivity index (χ3v) is 4.06. The molecule has 0 saturated heterocycles. The van der Waals surface area contributed by atoms with Gasteiger partial charge >= 0.3 is 0 Å². The van der Waals surface area contributed by atoms with Crippen molar-refractivity contribution < 1.29 is 9.34 Å². The number of nitro benzene ring substituents is 1. The maximum Gasteiger partial charge on any atom is 0.270 e. The maximum atomic E-state index is 10.9. The van der Waals surface area contributed by atoms with Crippen LogP contribution in [0.4, 0.5) is 5.69 Å². The largest absolute Gasteiger partial charge is 0.457 e. The van der Waals surface area contributed by atoms with Crippen LogP contribution < -0.4 is 0 Å². The Labute approximate surface area is 152 Å². The van der Waals surface area contributed by atoms with Crippen LogP contribution in [0.1, 0.15) is 11.3 Å². The molecule has 0 N–H and O–H groups in total. The van der Waals surface area contributed by atoms with Crippen LogP contribution in [0.25, 0.3) is 23.0 Å². The first-order valence-electron chi connectivity index (χ1n) is 7.29. The van der Waals surface area contributed by atoms with Crippen molar-refractivity contribution in [3.05, 3.63) is 86.6 Å². The Morgan fingerprint density at radius 3 is 2.60 bits per heavy atom. The Hall–Kier alpha value is -3.17. The highest BCUT2D eigenvalue weighted by Crippen LogP contribution is 2.27. The van der Waals surface area contributed by atoms with Gasteiger partial charge in [-0.1, -0.05) is 40.2 Å². The minimum atomic E-state index is -0.489. The van der Waals surface area contributed by atoms with Gasteiger partial charge in [0.15, 0.2) is 0 Å². The van der Waals surface area contributed by atoms with Crippen LogP contribution in [0, 0.1) is 21.4 Å².